The zero-order valence-corrected chi connectivity index (χ0v) is 10.3. The van der Waals surface area contributed by atoms with E-state index in [1.807, 2.05) is 0 Å². The molecule has 2 saturated heterocycles. The smallest absolute Gasteiger partial charge is 0.0710 e. The molecule has 3 nitrogen and oxygen atoms in total. The van der Waals surface area contributed by atoms with Crippen molar-refractivity contribution in [2.75, 3.05) is 26.2 Å². The monoisotopic (exact) mass is 212 g/mol. The molecule has 3 heteroatoms. The molecule has 0 amide bonds. The fourth-order valence-corrected chi connectivity index (χ4v) is 2.62. The summed E-state index contributed by atoms with van der Waals surface area (Å²) in [6.07, 6.45) is 2.89. The van der Waals surface area contributed by atoms with Crippen LogP contribution in [0.2, 0.25) is 0 Å². The fourth-order valence-electron chi connectivity index (χ4n) is 2.62. The lowest BCUT2D eigenvalue weighted by Crippen LogP contribution is -2.52. The van der Waals surface area contributed by atoms with Crippen molar-refractivity contribution in [1.29, 1.82) is 0 Å². The first-order valence-electron chi connectivity index (χ1n) is 6.19. The lowest BCUT2D eigenvalue weighted by atomic mass is 10.1. The summed E-state index contributed by atoms with van der Waals surface area (Å²) in [5.74, 6) is 0. The molecular formula is C12H24N2O. The molecule has 2 heterocycles. The molecule has 2 aliphatic heterocycles. The lowest BCUT2D eigenvalue weighted by molar-refractivity contribution is -0.0348. The maximum absolute atomic E-state index is 6.04. The Labute approximate surface area is 93.2 Å². The van der Waals surface area contributed by atoms with E-state index in [1.54, 1.807) is 0 Å². The number of hydrogen-bond acceptors (Lipinski definition) is 3. The Morgan fingerprint density at radius 3 is 2.87 bits per heavy atom. The quantitative estimate of drug-likeness (QED) is 0.745. The third-order valence-electron chi connectivity index (χ3n) is 3.63. The summed E-state index contributed by atoms with van der Waals surface area (Å²) < 4.78 is 6.04. The van der Waals surface area contributed by atoms with Gasteiger partial charge in [-0.15, -0.1) is 0 Å². The molecule has 0 aromatic carbocycles. The summed E-state index contributed by atoms with van der Waals surface area (Å²) in [4.78, 5) is 2.56. The number of ether oxygens (including phenoxy) is 1. The molecule has 2 atom stereocenters. The Bertz CT molecular complexity index is 218. The molecule has 2 rings (SSSR count). The van der Waals surface area contributed by atoms with Crippen LogP contribution in [-0.2, 0) is 4.74 Å². The summed E-state index contributed by atoms with van der Waals surface area (Å²) in [6, 6.07) is 0.658. The van der Waals surface area contributed by atoms with Crippen LogP contribution in [0.1, 0.15) is 33.6 Å². The predicted octanol–water partition coefficient (Wildman–Crippen LogP) is 1.24. The molecule has 2 fully saturated rings. The van der Waals surface area contributed by atoms with Gasteiger partial charge in [0.15, 0.2) is 0 Å². The molecule has 1 N–H and O–H groups in total. The average molecular weight is 212 g/mol. The van der Waals surface area contributed by atoms with E-state index in [-0.39, 0.29) is 5.60 Å². The van der Waals surface area contributed by atoms with Crippen LogP contribution in [0.4, 0.5) is 0 Å². The average Bonchev–Trinajstić information content (AvgIpc) is 2.50. The first kappa shape index (κ1) is 11.4. The van der Waals surface area contributed by atoms with Gasteiger partial charge in [0.2, 0.25) is 0 Å². The van der Waals surface area contributed by atoms with Gasteiger partial charge in [-0.1, -0.05) is 0 Å². The number of nitrogens with zero attached hydrogens (tertiary/aromatic N) is 1. The number of piperazine rings is 1. The Morgan fingerprint density at radius 2 is 2.27 bits per heavy atom. The Hall–Kier alpha value is -0.120. The molecule has 0 spiro atoms. The van der Waals surface area contributed by atoms with Crippen LogP contribution in [0.5, 0.6) is 0 Å². The highest BCUT2D eigenvalue weighted by atomic mass is 16.5. The molecule has 0 aliphatic carbocycles. The van der Waals surface area contributed by atoms with E-state index in [4.69, 9.17) is 4.74 Å². The third kappa shape index (κ3) is 2.92. The second-order valence-electron chi connectivity index (χ2n) is 5.59. The molecule has 0 bridgehead atoms. The van der Waals surface area contributed by atoms with Gasteiger partial charge in [-0.05, 0) is 33.6 Å². The van der Waals surface area contributed by atoms with E-state index in [1.165, 1.54) is 19.4 Å². The normalized spacial score (nSPS) is 37.0. The molecule has 2 aliphatic rings. The predicted molar refractivity (Wildman–Crippen MR) is 62.1 cm³/mol. The maximum Gasteiger partial charge on any atom is 0.0710 e. The maximum atomic E-state index is 6.04. The molecular weight excluding hydrogens is 188 g/mol. The second kappa shape index (κ2) is 4.40. The molecule has 0 aromatic heterocycles. The summed E-state index contributed by atoms with van der Waals surface area (Å²) in [5.41, 5.74) is 0.113. The summed E-state index contributed by atoms with van der Waals surface area (Å²) >= 11 is 0. The fraction of sp³-hybridized carbons (Fsp3) is 1.00. The molecule has 1 unspecified atom stereocenters. The number of rotatable bonds is 2. The van der Waals surface area contributed by atoms with Gasteiger partial charge in [-0.3, -0.25) is 4.90 Å². The van der Waals surface area contributed by atoms with Gasteiger partial charge in [0.1, 0.15) is 0 Å². The number of nitrogens with one attached hydrogen (secondary N) is 1. The van der Waals surface area contributed by atoms with Crippen molar-refractivity contribution in [2.45, 2.75) is 51.4 Å². The van der Waals surface area contributed by atoms with Crippen LogP contribution < -0.4 is 5.32 Å². The van der Waals surface area contributed by atoms with Crippen molar-refractivity contribution in [3.05, 3.63) is 0 Å². The third-order valence-corrected chi connectivity index (χ3v) is 3.63. The first-order chi connectivity index (χ1) is 7.07. The first-order valence-corrected chi connectivity index (χ1v) is 6.19. The van der Waals surface area contributed by atoms with Crippen molar-refractivity contribution < 1.29 is 4.74 Å². The van der Waals surface area contributed by atoms with Crippen molar-refractivity contribution in [1.82, 2.24) is 10.2 Å². The van der Waals surface area contributed by atoms with Crippen molar-refractivity contribution in [3.63, 3.8) is 0 Å². The van der Waals surface area contributed by atoms with Gasteiger partial charge in [0.05, 0.1) is 11.7 Å². The van der Waals surface area contributed by atoms with Crippen LogP contribution in [0.15, 0.2) is 0 Å². The SMILES string of the molecule is C[C@H]1CNCCN1CC1CCC(C)(C)O1. The second-order valence-corrected chi connectivity index (χ2v) is 5.59. The minimum atomic E-state index is 0.113. The summed E-state index contributed by atoms with van der Waals surface area (Å²) in [7, 11) is 0. The van der Waals surface area contributed by atoms with Crippen LogP contribution in [0, 0.1) is 0 Å². The Morgan fingerprint density at radius 1 is 1.47 bits per heavy atom. The van der Waals surface area contributed by atoms with Gasteiger partial charge in [0, 0.05) is 32.2 Å². The number of hydrogen-bond donors (Lipinski definition) is 1. The van der Waals surface area contributed by atoms with Gasteiger partial charge in [-0.25, -0.2) is 0 Å². The molecule has 15 heavy (non-hydrogen) atoms. The highest BCUT2D eigenvalue weighted by Gasteiger charge is 2.33. The minimum Gasteiger partial charge on any atom is -0.371 e. The highest BCUT2D eigenvalue weighted by molar-refractivity contribution is 4.85. The molecule has 0 aromatic rings. The van der Waals surface area contributed by atoms with Crippen LogP contribution >= 0.6 is 0 Å². The van der Waals surface area contributed by atoms with Crippen molar-refractivity contribution in [3.8, 4) is 0 Å². The van der Waals surface area contributed by atoms with E-state index in [0.717, 1.165) is 19.6 Å². The standard InChI is InChI=1S/C12H24N2O/c1-10-8-13-6-7-14(10)9-11-4-5-12(2,3)15-11/h10-11,13H,4-9H2,1-3H3/t10-,11?/m0/s1. The Balaban J connectivity index is 1.81. The van der Waals surface area contributed by atoms with E-state index in [2.05, 4.69) is 31.0 Å². The minimum absolute atomic E-state index is 0.113. The van der Waals surface area contributed by atoms with Gasteiger partial charge in [0.25, 0.3) is 0 Å². The van der Waals surface area contributed by atoms with E-state index in [0.29, 0.717) is 12.1 Å². The van der Waals surface area contributed by atoms with Gasteiger partial charge >= 0.3 is 0 Å². The lowest BCUT2D eigenvalue weighted by Gasteiger charge is -2.35. The summed E-state index contributed by atoms with van der Waals surface area (Å²) in [6.45, 7) is 11.2. The molecule has 0 radical (unpaired) electrons. The summed E-state index contributed by atoms with van der Waals surface area (Å²) in [5, 5.41) is 3.42. The van der Waals surface area contributed by atoms with Crippen LogP contribution in [-0.4, -0.2) is 48.8 Å². The topological polar surface area (TPSA) is 24.5 Å². The van der Waals surface area contributed by atoms with Gasteiger partial charge in [-0.2, -0.15) is 0 Å². The zero-order chi connectivity index (χ0) is 10.9. The van der Waals surface area contributed by atoms with E-state index in [9.17, 15) is 0 Å². The highest BCUT2D eigenvalue weighted by Crippen LogP contribution is 2.29. The molecule has 88 valence electrons. The largest absolute Gasteiger partial charge is 0.371 e. The molecule has 0 saturated carbocycles. The Kier molecular flexibility index (Phi) is 3.33. The van der Waals surface area contributed by atoms with Gasteiger partial charge < -0.3 is 10.1 Å². The van der Waals surface area contributed by atoms with Crippen LogP contribution in [0.25, 0.3) is 0 Å². The van der Waals surface area contributed by atoms with Crippen LogP contribution in [0.3, 0.4) is 0 Å². The van der Waals surface area contributed by atoms with Crippen molar-refractivity contribution >= 4 is 0 Å². The van der Waals surface area contributed by atoms with E-state index >= 15 is 0 Å². The van der Waals surface area contributed by atoms with Crippen molar-refractivity contribution in [2.24, 2.45) is 0 Å². The van der Waals surface area contributed by atoms with E-state index < -0.39 is 0 Å². The zero-order valence-electron chi connectivity index (χ0n) is 10.3.